The molecule has 0 saturated carbocycles. The summed E-state index contributed by atoms with van der Waals surface area (Å²) in [5, 5.41) is 6.32. The van der Waals surface area contributed by atoms with E-state index in [1.807, 2.05) is 18.2 Å². The molecule has 34 heavy (non-hydrogen) atoms. The number of carbonyl (C=O) groups excluding carboxylic acids is 1. The van der Waals surface area contributed by atoms with Gasteiger partial charge in [0.05, 0.1) is 30.0 Å². The molecule has 0 aliphatic carbocycles. The molecule has 5 heterocycles. The summed E-state index contributed by atoms with van der Waals surface area (Å²) in [7, 11) is 1.60. The number of methoxy groups -OCH3 is 1. The molecule has 2 aliphatic heterocycles. The fourth-order valence-electron chi connectivity index (χ4n) is 4.44. The van der Waals surface area contributed by atoms with Crippen LogP contribution in [0.15, 0.2) is 41.3 Å². The van der Waals surface area contributed by atoms with Gasteiger partial charge in [0.15, 0.2) is 18.2 Å². The van der Waals surface area contributed by atoms with Gasteiger partial charge in [0.1, 0.15) is 5.75 Å². The van der Waals surface area contributed by atoms with Crippen molar-refractivity contribution in [1.82, 2.24) is 24.8 Å². The van der Waals surface area contributed by atoms with E-state index in [2.05, 4.69) is 25.5 Å². The molecule has 1 saturated heterocycles. The fraction of sp³-hybridized carbons (Fsp3) is 0.417. The largest absolute Gasteiger partial charge is 0.495 e. The van der Waals surface area contributed by atoms with Gasteiger partial charge in [-0.1, -0.05) is 0 Å². The van der Waals surface area contributed by atoms with Crippen LogP contribution in [-0.4, -0.2) is 64.7 Å². The first-order valence-electron chi connectivity index (χ1n) is 11.5. The number of pyridine rings is 3. The van der Waals surface area contributed by atoms with Crippen molar-refractivity contribution in [2.24, 2.45) is 0 Å². The van der Waals surface area contributed by atoms with Crippen molar-refractivity contribution in [3.05, 3.63) is 52.6 Å². The number of amides is 1. The number of carbonyl (C=O) groups is 1. The van der Waals surface area contributed by atoms with Gasteiger partial charge in [-0.3, -0.25) is 14.6 Å². The highest BCUT2D eigenvalue weighted by Gasteiger charge is 2.21. The molecule has 0 atom stereocenters. The Labute approximate surface area is 196 Å². The number of nitrogens with zero attached hydrogens (tertiary/aromatic N) is 4. The van der Waals surface area contributed by atoms with E-state index in [0.717, 1.165) is 49.2 Å². The summed E-state index contributed by atoms with van der Waals surface area (Å²) >= 11 is 0. The van der Waals surface area contributed by atoms with Crippen LogP contribution >= 0.6 is 0 Å². The van der Waals surface area contributed by atoms with Crippen molar-refractivity contribution in [1.29, 1.82) is 0 Å². The minimum atomic E-state index is -0.182. The van der Waals surface area contributed by atoms with Crippen LogP contribution in [0.1, 0.15) is 18.5 Å². The Morgan fingerprint density at radius 2 is 2.03 bits per heavy atom. The van der Waals surface area contributed by atoms with Crippen LogP contribution in [0.5, 0.6) is 11.5 Å². The van der Waals surface area contributed by atoms with E-state index in [-0.39, 0.29) is 18.1 Å². The van der Waals surface area contributed by atoms with Crippen molar-refractivity contribution in [2.75, 3.05) is 38.7 Å². The van der Waals surface area contributed by atoms with E-state index >= 15 is 0 Å². The number of likely N-dealkylation sites (tertiary alicyclic amines) is 1. The second-order valence-electron chi connectivity index (χ2n) is 8.59. The van der Waals surface area contributed by atoms with Gasteiger partial charge in [0, 0.05) is 37.8 Å². The van der Waals surface area contributed by atoms with Crippen LogP contribution in [0.2, 0.25) is 0 Å². The Morgan fingerprint density at radius 3 is 2.85 bits per heavy atom. The van der Waals surface area contributed by atoms with Gasteiger partial charge in [0.2, 0.25) is 0 Å². The smallest absolute Gasteiger partial charge is 0.263 e. The summed E-state index contributed by atoms with van der Waals surface area (Å²) in [6.45, 7) is 3.99. The second kappa shape index (κ2) is 9.78. The van der Waals surface area contributed by atoms with E-state index in [4.69, 9.17) is 9.47 Å². The van der Waals surface area contributed by atoms with Gasteiger partial charge in [0.25, 0.3) is 11.5 Å². The molecular formula is C24H28N6O4. The number of nitrogens with one attached hydrogen (secondary N) is 2. The molecule has 2 N–H and O–H groups in total. The maximum absolute atomic E-state index is 12.5. The first-order valence-corrected chi connectivity index (χ1v) is 11.5. The predicted molar refractivity (Wildman–Crippen MR) is 127 cm³/mol. The van der Waals surface area contributed by atoms with Crippen molar-refractivity contribution in [3.8, 4) is 11.5 Å². The van der Waals surface area contributed by atoms with Crippen molar-refractivity contribution in [3.63, 3.8) is 0 Å². The molecule has 1 amide bonds. The van der Waals surface area contributed by atoms with E-state index in [1.54, 1.807) is 30.0 Å². The van der Waals surface area contributed by atoms with E-state index in [0.29, 0.717) is 36.4 Å². The Morgan fingerprint density at radius 1 is 1.18 bits per heavy atom. The number of fused-ring (bicyclic) bond motifs is 2. The molecular weight excluding hydrogens is 436 g/mol. The third kappa shape index (κ3) is 4.87. The molecule has 10 nitrogen and oxygen atoms in total. The average molecular weight is 465 g/mol. The minimum Gasteiger partial charge on any atom is -0.495 e. The standard InChI is InChI=1S/C24H28N6O4/c1-33-18-12-20-19(26-14-18)3-5-23(32)30(20)11-10-29-8-6-16(7-9-29)25-13-17-2-4-21-24(27-17)28-22(31)15-34-21/h2-5,12,14,16,25H,6-11,13,15H2,1H3,(H,27,28,31). The zero-order valence-corrected chi connectivity index (χ0v) is 19.1. The SMILES string of the molecule is COc1cnc2ccc(=O)n(CCN3CCC(NCc4ccc5c(n4)NC(=O)CO5)CC3)c2c1. The van der Waals surface area contributed by atoms with Crippen molar-refractivity contribution >= 4 is 22.8 Å². The lowest BCUT2D eigenvalue weighted by molar-refractivity contribution is -0.118. The number of hydrogen-bond acceptors (Lipinski definition) is 8. The maximum Gasteiger partial charge on any atom is 0.263 e. The number of ether oxygens (including phenoxy) is 2. The lowest BCUT2D eigenvalue weighted by Gasteiger charge is -2.32. The third-order valence-electron chi connectivity index (χ3n) is 6.38. The molecule has 10 heteroatoms. The second-order valence-corrected chi connectivity index (χ2v) is 8.59. The molecule has 0 radical (unpaired) electrons. The van der Waals surface area contributed by atoms with Gasteiger partial charge in [-0.05, 0) is 44.1 Å². The number of piperidine rings is 1. The quantitative estimate of drug-likeness (QED) is 0.540. The highest BCUT2D eigenvalue weighted by molar-refractivity contribution is 5.94. The maximum atomic E-state index is 12.5. The van der Waals surface area contributed by atoms with Gasteiger partial charge < -0.3 is 29.6 Å². The molecule has 5 rings (SSSR count). The zero-order chi connectivity index (χ0) is 23.5. The van der Waals surface area contributed by atoms with Crippen LogP contribution in [0, 0.1) is 0 Å². The number of hydrogen-bond donors (Lipinski definition) is 2. The first kappa shape index (κ1) is 22.3. The summed E-state index contributed by atoms with van der Waals surface area (Å²) in [5.41, 5.74) is 2.41. The van der Waals surface area contributed by atoms with Gasteiger partial charge in [-0.15, -0.1) is 0 Å². The normalized spacial score (nSPS) is 16.7. The van der Waals surface area contributed by atoms with Crippen LogP contribution in [-0.2, 0) is 17.9 Å². The van der Waals surface area contributed by atoms with Crippen LogP contribution < -0.4 is 25.7 Å². The summed E-state index contributed by atoms with van der Waals surface area (Å²) in [6, 6.07) is 9.36. The van der Waals surface area contributed by atoms with E-state index in [9.17, 15) is 9.59 Å². The number of rotatable bonds is 7. The van der Waals surface area contributed by atoms with Crippen molar-refractivity contribution in [2.45, 2.75) is 32.0 Å². The van der Waals surface area contributed by atoms with Crippen LogP contribution in [0.3, 0.4) is 0 Å². The van der Waals surface area contributed by atoms with Crippen LogP contribution in [0.25, 0.3) is 11.0 Å². The summed E-state index contributed by atoms with van der Waals surface area (Å²) in [6.07, 6.45) is 3.70. The Balaban J connectivity index is 1.13. The summed E-state index contributed by atoms with van der Waals surface area (Å²) in [4.78, 5) is 35.3. The van der Waals surface area contributed by atoms with Gasteiger partial charge in [-0.2, -0.15) is 0 Å². The number of aromatic nitrogens is 3. The number of anilines is 1. The van der Waals surface area contributed by atoms with Crippen LogP contribution in [0.4, 0.5) is 5.82 Å². The third-order valence-corrected chi connectivity index (χ3v) is 6.38. The molecule has 178 valence electrons. The molecule has 0 spiro atoms. The summed E-state index contributed by atoms with van der Waals surface area (Å²) < 4.78 is 12.4. The molecule has 1 fully saturated rings. The Hall–Kier alpha value is -3.50. The van der Waals surface area contributed by atoms with Gasteiger partial charge >= 0.3 is 0 Å². The van der Waals surface area contributed by atoms with Gasteiger partial charge in [-0.25, -0.2) is 4.98 Å². The average Bonchev–Trinajstić information content (AvgIpc) is 2.87. The molecule has 0 unspecified atom stereocenters. The molecule has 0 aromatic carbocycles. The summed E-state index contributed by atoms with van der Waals surface area (Å²) in [5.74, 6) is 1.55. The minimum absolute atomic E-state index is 0.0294. The van der Waals surface area contributed by atoms with Crippen molar-refractivity contribution < 1.29 is 14.3 Å². The molecule has 3 aromatic rings. The Kier molecular flexibility index (Phi) is 6.41. The lowest BCUT2D eigenvalue weighted by atomic mass is 10.0. The first-order chi connectivity index (χ1) is 16.6. The topological polar surface area (TPSA) is 111 Å². The molecule has 3 aromatic heterocycles. The fourth-order valence-corrected chi connectivity index (χ4v) is 4.44. The highest BCUT2D eigenvalue weighted by Crippen LogP contribution is 2.25. The molecule has 2 aliphatic rings. The Bertz CT molecular complexity index is 1250. The monoisotopic (exact) mass is 464 g/mol. The van der Waals surface area contributed by atoms with E-state index in [1.165, 1.54) is 0 Å². The highest BCUT2D eigenvalue weighted by atomic mass is 16.5. The molecule has 0 bridgehead atoms. The van der Waals surface area contributed by atoms with E-state index < -0.39 is 0 Å². The predicted octanol–water partition coefficient (Wildman–Crippen LogP) is 1.39. The zero-order valence-electron chi connectivity index (χ0n) is 19.1. The lowest BCUT2D eigenvalue weighted by Crippen LogP contribution is -2.43.